The molecule has 1 atom stereocenters. The summed E-state index contributed by atoms with van der Waals surface area (Å²) in [5.41, 5.74) is 8.87. The smallest absolute Gasteiger partial charge is 0.208 e. The largest absolute Gasteiger partial charge is 0.350 e. The van der Waals surface area contributed by atoms with Crippen LogP contribution in [-0.2, 0) is 23.0 Å². The average Bonchev–Trinajstić information content (AvgIpc) is 2.58. The van der Waals surface area contributed by atoms with Gasteiger partial charge in [-0.3, -0.25) is 0 Å². The van der Waals surface area contributed by atoms with Crippen molar-refractivity contribution in [3.63, 3.8) is 0 Å². The number of nitrogens with two attached hydrogens (primary N) is 1. The molecule has 3 N–H and O–H groups in total. The summed E-state index contributed by atoms with van der Waals surface area (Å²) in [5, 5.41) is 0. The lowest BCUT2D eigenvalue weighted by Crippen LogP contribution is -2.31. The van der Waals surface area contributed by atoms with Crippen molar-refractivity contribution in [2.24, 2.45) is 11.1 Å². The maximum absolute atomic E-state index is 11.1. The molecule has 0 fully saturated rings. The van der Waals surface area contributed by atoms with Gasteiger partial charge in [-0.25, -0.2) is 13.1 Å². The zero-order valence-corrected chi connectivity index (χ0v) is 12.6. The van der Waals surface area contributed by atoms with Gasteiger partial charge in [0.1, 0.15) is 0 Å². The minimum atomic E-state index is -3.12. The van der Waals surface area contributed by atoms with E-state index in [1.54, 1.807) is 0 Å². The molecule has 108 valence electrons. The van der Waals surface area contributed by atoms with E-state index in [0.717, 1.165) is 12.8 Å². The third-order valence-electron chi connectivity index (χ3n) is 3.65. The van der Waals surface area contributed by atoms with Gasteiger partial charge in [0, 0.05) is 31.0 Å². The molecule has 2 rings (SSSR count). The Kier molecular flexibility index (Phi) is 3.77. The molecule has 1 aliphatic carbocycles. The van der Waals surface area contributed by atoms with E-state index in [4.69, 9.17) is 5.73 Å². The van der Waals surface area contributed by atoms with Gasteiger partial charge in [-0.1, -0.05) is 13.8 Å². The Morgan fingerprint density at radius 1 is 1.53 bits per heavy atom. The summed E-state index contributed by atoms with van der Waals surface area (Å²) in [4.78, 5) is 0. The summed E-state index contributed by atoms with van der Waals surface area (Å²) in [6.45, 7) is 5.50. The molecule has 1 aromatic rings. The Balaban J connectivity index is 2.12. The molecule has 1 unspecified atom stereocenters. The Hall–Kier alpha value is -0.850. The van der Waals surface area contributed by atoms with E-state index in [-0.39, 0.29) is 11.5 Å². The van der Waals surface area contributed by atoms with Crippen LogP contribution in [-0.4, -0.2) is 25.8 Å². The number of hydrogen-bond donors (Lipinski definition) is 2. The summed E-state index contributed by atoms with van der Waals surface area (Å²) in [5.74, 6) is 0. The molecule has 1 aliphatic rings. The van der Waals surface area contributed by atoms with E-state index >= 15 is 0 Å². The summed E-state index contributed by atoms with van der Waals surface area (Å²) < 4.78 is 26.8. The molecular weight excluding hydrogens is 262 g/mol. The van der Waals surface area contributed by atoms with E-state index in [1.807, 2.05) is 6.20 Å². The number of aromatic nitrogens is 1. The van der Waals surface area contributed by atoms with E-state index in [2.05, 4.69) is 29.2 Å². The van der Waals surface area contributed by atoms with Crippen molar-refractivity contribution in [2.75, 3.05) is 12.8 Å². The van der Waals surface area contributed by atoms with Crippen molar-refractivity contribution in [3.05, 3.63) is 23.5 Å². The third kappa shape index (κ3) is 3.58. The summed E-state index contributed by atoms with van der Waals surface area (Å²) in [6, 6.07) is 2.15. The maximum atomic E-state index is 11.1. The number of nitrogens with one attached hydrogen (secondary N) is 1. The Labute approximate surface area is 115 Å². The number of fused-ring (bicyclic) bond motifs is 1. The third-order valence-corrected chi connectivity index (χ3v) is 4.38. The average molecular weight is 285 g/mol. The Morgan fingerprint density at radius 3 is 2.84 bits per heavy atom. The first kappa shape index (κ1) is 14.6. The Bertz CT molecular complexity index is 560. The van der Waals surface area contributed by atoms with Crippen LogP contribution in [0.15, 0.2) is 12.3 Å². The number of sulfonamides is 1. The van der Waals surface area contributed by atoms with Gasteiger partial charge < -0.3 is 10.3 Å². The molecule has 0 saturated heterocycles. The van der Waals surface area contributed by atoms with Crippen molar-refractivity contribution in [3.8, 4) is 0 Å². The highest BCUT2D eigenvalue weighted by atomic mass is 32.2. The monoisotopic (exact) mass is 285 g/mol. The van der Waals surface area contributed by atoms with E-state index < -0.39 is 10.0 Å². The van der Waals surface area contributed by atoms with Crippen molar-refractivity contribution in [1.29, 1.82) is 0 Å². The van der Waals surface area contributed by atoms with Crippen molar-refractivity contribution in [1.82, 2.24) is 9.29 Å². The van der Waals surface area contributed by atoms with Crippen LogP contribution in [0.25, 0.3) is 0 Å². The van der Waals surface area contributed by atoms with Gasteiger partial charge in [0.2, 0.25) is 10.0 Å². The van der Waals surface area contributed by atoms with Crippen LogP contribution >= 0.6 is 0 Å². The normalized spacial score (nSPS) is 22.2. The second kappa shape index (κ2) is 4.92. The molecule has 19 heavy (non-hydrogen) atoms. The fraction of sp³-hybridized carbons (Fsp3) is 0.692. The molecule has 0 spiro atoms. The maximum Gasteiger partial charge on any atom is 0.208 e. The van der Waals surface area contributed by atoms with Gasteiger partial charge in [-0.15, -0.1) is 0 Å². The van der Waals surface area contributed by atoms with Crippen LogP contribution in [0.1, 0.15) is 37.6 Å². The fourth-order valence-electron chi connectivity index (χ4n) is 2.86. The molecule has 1 aromatic heterocycles. The summed E-state index contributed by atoms with van der Waals surface area (Å²) in [7, 11) is -3.12. The first-order valence-corrected chi connectivity index (χ1v) is 8.45. The topological polar surface area (TPSA) is 77.1 Å². The highest BCUT2D eigenvalue weighted by Crippen LogP contribution is 2.39. The van der Waals surface area contributed by atoms with Gasteiger partial charge >= 0.3 is 0 Å². The van der Waals surface area contributed by atoms with Crippen molar-refractivity contribution < 1.29 is 8.42 Å². The zero-order chi connectivity index (χ0) is 14.3. The molecule has 0 aliphatic heterocycles. The molecule has 0 bridgehead atoms. The summed E-state index contributed by atoms with van der Waals surface area (Å²) >= 11 is 0. The minimum absolute atomic E-state index is 0.0860. The quantitative estimate of drug-likeness (QED) is 0.866. The molecule has 6 heteroatoms. The number of nitrogens with zero attached hydrogens (tertiary/aromatic N) is 1. The van der Waals surface area contributed by atoms with Gasteiger partial charge in [-0.2, -0.15) is 0 Å². The van der Waals surface area contributed by atoms with Gasteiger partial charge in [0.15, 0.2) is 0 Å². The number of rotatable bonds is 4. The van der Waals surface area contributed by atoms with Gasteiger partial charge in [-0.05, 0) is 29.9 Å². The number of hydrogen-bond acceptors (Lipinski definition) is 3. The van der Waals surface area contributed by atoms with Crippen LogP contribution in [0, 0.1) is 5.41 Å². The highest BCUT2D eigenvalue weighted by Gasteiger charge is 2.32. The van der Waals surface area contributed by atoms with Crippen LogP contribution in [0.2, 0.25) is 0 Å². The first-order chi connectivity index (χ1) is 8.68. The Morgan fingerprint density at radius 2 is 2.21 bits per heavy atom. The standard InChI is InChI=1S/C13H23N3O2S/c1-13(2)8-11(14)10-4-6-16(12(10)9-13)7-5-15-19(3,17)18/h4,6,11,15H,5,7-9,14H2,1-3H3. The van der Waals surface area contributed by atoms with E-state index in [0.29, 0.717) is 13.1 Å². The zero-order valence-electron chi connectivity index (χ0n) is 11.8. The predicted octanol–water partition coefficient (Wildman–Crippen LogP) is 1.01. The lowest BCUT2D eigenvalue weighted by atomic mass is 9.74. The van der Waals surface area contributed by atoms with Crippen LogP contribution in [0.4, 0.5) is 0 Å². The highest BCUT2D eigenvalue weighted by molar-refractivity contribution is 7.88. The lowest BCUT2D eigenvalue weighted by molar-refractivity contribution is 0.275. The molecule has 0 saturated carbocycles. The minimum Gasteiger partial charge on any atom is -0.350 e. The van der Waals surface area contributed by atoms with E-state index in [1.165, 1.54) is 17.5 Å². The van der Waals surface area contributed by atoms with Crippen LogP contribution in [0.5, 0.6) is 0 Å². The molecule has 5 nitrogen and oxygen atoms in total. The molecule has 0 aromatic carbocycles. The molecule has 0 amide bonds. The molecule has 1 heterocycles. The summed E-state index contributed by atoms with van der Waals surface area (Å²) in [6.07, 6.45) is 5.17. The SMILES string of the molecule is CC1(C)Cc2c(ccn2CCNS(C)(=O)=O)C(N)C1. The van der Waals surface area contributed by atoms with Crippen molar-refractivity contribution in [2.45, 2.75) is 39.3 Å². The lowest BCUT2D eigenvalue weighted by Gasteiger charge is -2.34. The van der Waals surface area contributed by atoms with E-state index in [9.17, 15) is 8.42 Å². The molecular formula is C13H23N3O2S. The van der Waals surface area contributed by atoms with Crippen LogP contribution < -0.4 is 10.5 Å². The van der Waals surface area contributed by atoms with Crippen molar-refractivity contribution >= 4 is 10.0 Å². The predicted molar refractivity (Wildman–Crippen MR) is 76.3 cm³/mol. The van der Waals surface area contributed by atoms with Gasteiger partial charge in [0.05, 0.1) is 6.26 Å². The fourth-order valence-corrected chi connectivity index (χ4v) is 3.32. The van der Waals surface area contributed by atoms with Crippen LogP contribution in [0.3, 0.4) is 0 Å². The van der Waals surface area contributed by atoms with Gasteiger partial charge in [0.25, 0.3) is 0 Å². The molecule has 0 radical (unpaired) electrons. The second-order valence-corrected chi connectivity index (χ2v) is 8.06. The first-order valence-electron chi connectivity index (χ1n) is 6.56. The second-order valence-electron chi connectivity index (χ2n) is 6.23.